The van der Waals surface area contributed by atoms with Crippen molar-refractivity contribution in [3.05, 3.63) is 59.7 Å². The first-order valence-corrected chi connectivity index (χ1v) is 20.6. The molecule has 7 N–H and O–H groups in total. The fourth-order valence-corrected chi connectivity index (χ4v) is 10.1. The number of hydrogen-bond donors (Lipinski definition) is 5. The zero-order valence-electron chi connectivity index (χ0n) is 31.8. The summed E-state index contributed by atoms with van der Waals surface area (Å²) in [4.78, 5) is 57.8. The van der Waals surface area contributed by atoms with Crippen molar-refractivity contribution >= 4 is 39.2 Å². The molecule has 2 aromatic carbocycles. The summed E-state index contributed by atoms with van der Waals surface area (Å²) in [7, 11) is -4.02. The monoisotopic (exact) mass is 753 g/mol. The number of sulfone groups is 1. The Balaban J connectivity index is 1.87. The van der Waals surface area contributed by atoms with Crippen LogP contribution in [0.25, 0.3) is 0 Å². The van der Waals surface area contributed by atoms with E-state index in [0.29, 0.717) is 13.0 Å². The summed E-state index contributed by atoms with van der Waals surface area (Å²) < 4.78 is 27.7. The lowest BCUT2D eigenvalue weighted by atomic mass is 9.72. The summed E-state index contributed by atoms with van der Waals surface area (Å²) in [5, 5.41) is 17.5. The minimum atomic E-state index is -4.02. The molecule has 1 unspecified atom stereocenters. The SMILES string of the molecule is CC(=O)N(C(=O)[C@@H](N)Cc1ccccc1)[C@](CC(C)C)(C(=O)N[C@@H](CC1CCCCC1)[C@@H](O)CC(=O)NCC(C)C)C1CS(=O)(=O)c2cc(N)ccc21. The van der Waals surface area contributed by atoms with Crippen LogP contribution in [0, 0.1) is 17.8 Å². The molecular weight excluding hydrogens is 695 g/mol. The molecule has 1 aliphatic heterocycles. The highest BCUT2D eigenvalue weighted by Crippen LogP contribution is 2.48. The number of rotatable bonds is 16. The molecule has 13 heteroatoms. The van der Waals surface area contributed by atoms with Gasteiger partial charge in [-0.25, -0.2) is 8.42 Å². The van der Waals surface area contributed by atoms with E-state index in [4.69, 9.17) is 11.5 Å². The van der Waals surface area contributed by atoms with Crippen molar-refractivity contribution in [3.63, 3.8) is 0 Å². The van der Waals surface area contributed by atoms with Crippen molar-refractivity contribution in [3.8, 4) is 0 Å². The quantitative estimate of drug-likeness (QED) is 0.158. The fourth-order valence-electron chi connectivity index (χ4n) is 8.13. The number of hydrogen-bond acceptors (Lipinski definition) is 9. The van der Waals surface area contributed by atoms with Gasteiger partial charge in [0, 0.05) is 25.1 Å². The van der Waals surface area contributed by atoms with Gasteiger partial charge in [-0.15, -0.1) is 0 Å². The molecule has 53 heavy (non-hydrogen) atoms. The van der Waals surface area contributed by atoms with E-state index in [9.17, 15) is 27.9 Å². The lowest BCUT2D eigenvalue weighted by molar-refractivity contribution is -0.162. The second-order valence-corrected chi connectivity index (χ2v) is 17.9. The number of nitrogens with one attached hydrogen (secondary N) is 2. The van der Waals surface area contributed by atoms with Crippen LogP contribution in [0.1, 0.15) is 103 Å². The Morgan fingerprint density at radius 1 is 0.981 bits per heavy atom. The first kappa shape index (κ1) is 41.9. The first-order chi connectivity index (χ1) is 25.0. The van der Waals surface area contributed by atoms with Crippen LogP contribution in [-0.4, -0.2) is 78.1 Å². The predicted octanol–water partition coefficient (Wildman–Crippen LogP) is 3.85. The maximum Gasteiger partial charge on any atom is 0.247 e. The van der Waals surface area contributed by atoms with E-state index in [1.807, 2.05) is 33.8 Å². The van der Waals surface area contributed by atoms with E-state index in [1.165, 1.54) is 19.1 Å². The van der Waals surface area contributed by atoms with Crippen LogP contribution in [0.4, 0.5) is 5.69 Å². The van der Waals surface area contributed by atoms with E-state index in [2.05, 4.69) is 10.6 Å². The summed E-state index contributed by atoms with van der Waals surface area (Å²) >= 11 is 0. The van der Waals surface area contributed by atoms with Crippen LogP contribution in [0.5, 0.6) is 0 Å². The molecule has 12 nitrogen and oxygen atoms in total. The Bertz CT molecular complexity index is 1710. The number of carbonyl (C=O) groups excluding carboxylic acids is 4. The number of imide groups is 1. The van der Waals surface area contributed by atoms with Gasteiger partial charge in [0.25, 0.3) is 0 Å². The third-order valence-electron chi connectivity index (χ3n) is 10.6. The van der Waals surface area contributed by atoms with Crippen LogP contribution in [-0.2, 0) is 35.4 Å². The second kappa shape index (κ2) is 18.0. The van der Waals surface area contributed by atoms with Crippen LogP contribution >= 0.6 is 0 Å². The van der Waals surface area contributed by atoms with Gasteiger partial charge >= 0.3 is 0 Å². The molecule has 0 bridgehead atoms. The molecular formula is C40H59N5O7S. The topological polar surface area (TPSA) is 202 Å². The normalized spacial score (nSPS) is 19.8. The lowest BCUT2D eigenvalue weighted by Gasteiger charge is -2.47. The van der Waals surface area contributed by atoms with Gasteiger partial charge in [-0.3, -0.25) is 24.1 Å². The number of aliphatic hydroxyl groups is 1. The average molecular weight is 754 g/mol. The van der Waals surface area contributed by atoms with E-state index >= 15 is 4.79 Å². The molecule has 292 valence electrons. The minimum absolute atomic E-state index is 0.0615. The van der Waals surface area contributed by atoms with Gasteiger partial charge in [-0.05, 0) is 60.3 Å². The number of benzene rings is 2. The van der Waals surface area contributed by atoms with Crippen molar-refractivity contribution in [1.82, 2.24) is 15.5 Å². The molecule has 0 radical (unpaired) electrons. The molecule has 1 aliphatic carbocycles. The highest BCUT2D eigenvalue weighted by molar-refractivity contribution is 7.91. The Morgan fingerprint density at radius 3 is 2.25 bits per heavy atom. The molecule has 4 rings (SSSR count). The Morgan fingerprint density at radius 2 is 1.64 bits per heavy atom. The maximum atomic E-state index is 15.4. The molecule has 0 spiro atoms. The van der Waals surface area contributed by atoms with Gasteiger partial charge in [0.2, 0.25) is 23.6 Å². The highest BCUT2D eigenvalue weighted by atomic mass is 32.2. The van der Waals surface area contributed by atoms with Crippen LogP contribution in [0.2, 0.25) is 0 Å². The molecule has 0 saturated heterocycles. The lowest BCUT2D eigenvalue weighted by Crippen LogP contribution is -2.69. The van der Waals surface area contributed by atoms with Crippen molar-refractivity contribution in [1.29, 1.82) is 0 Å². The molecule has 5 atom stereocenters. The maximum absolute atomic E-state index is 15.4. The molecule has 4 amide bonds. The number of amides is 4. The molecule has 2 aromatic rings. The molecule has 1 saturated carbocycles. The average Bonchev–Trinajstić information content (AvgIpc) is 3.36. The van der Waals surface area contributed by atoms with Gasteiger partial charge in [0.1, 0.15) is 5.54 Å². The van der Waals surface area contributed by atoms with E-state index < -0.39 is 63.0 Å². The van der Waals surface area contributed by atoms with Crippen molar-refractivity contribution in [2.75, 3.05) is 18.0 Å². The number of carbonyl (C=O) groups is 4. The van der Waals surface area contributed by atoms with E-state index in [1.54, 1.807) is 30.3 Å². The Hall–Kier alpha value is -3.81. The van der Waals surface area contributed by atoms with E-state index in [0.717, 1.165) is 42.6 Å². The molecule has 2 aliphatic rings. The summed E-state index contributed by atoms with van der Waals surface area (Å²) in [6, 6.07) is 11.3. The Labute approximate surface area is 314 Å². The number of nitrogens with zero attached hydrogens (tertiary/aromatic N) is 1. The second-order valence-electron chi connectivity index (χ2n) is 15.9. The van der Waals surface area contributed by atoms with Crippen molar-refractivity contribution < 1.29 is 32.7 Å². The highest BCUT2D eigenvalue weighted by Gasteiger charge is 2.59. The third-order valence-corrected chi connectivity index (χ3v) is 12.4. The molecule has 1 heterocycles. The third kappa shape index (κ3) is 10.2. The minimum Gasteiger partial charge on any atom is -0.399 e. The van der Waals surface area contributed by atoms with Crippen LogP contribution in [0.3, 0.4) is 0 Å². The van der Waals surface area contributed by atoms with E-state index in [-0.39, 0.29) is 59.1 Å². The van der Waals surface area contributed by atoms with Gasteiger partial charge in [0.15, 0.2) is 9.84 Å². The van der Waals surface area contributed by atoms with Gasteiger partial charge < -0.3 is 27.2 Å². The zero-order valence-corrected chi connectivity index (χ0v) is 32.7. The molecule has 1 fully saturated rings. The van der Waals surface area contributed by atoms with Crippen molar-refractivity contribution in [2.24, 2.45) is 23.5 Å². The van der Waals surface area contributed by atoms with Gasteiger partial charge in [-0.2, -0.15) is 0 Å². The number of anilines is 1. The summed E-state index contributed by atoms with van der Waals surface area (Å²) in [6.07, 6.45) is 3.60. The largest absolute Gasteiger partial charge is 0.399 e. The summed E-state index contributed by atoms with van der Waals surface area (Å²) in [5.74, 6) is -4.49. The number of nitrogen functional groups attached to an aromatic ring is 1. The fraction of sp³-hybridized carbons (Fsp3) is 0.600. The number of aliphatic hydroxyl groups excluding tert-OH is 1. The van der Waals surface area contributed by atoms with Gasteiger partial charge in [0.05, 0.1) is 35.3 Å². The van der Waals surface area contributed by atoms with Crippen molar-refractivity contribution in [2.45, 2.75) is 127 Å². The van der Waals surface area contributed by atoms with Crippen LogP contribution in [0.15, 0.2) is 53.4 Å². The summed E-state index contributed by atoms with van der Waals surface area (Å²) in [5.41, 5.74) is 11.7. The number of fused-ring (bicyclic) bond motifs is 1. The summed E-state index contributed by atoms with van der Waals surface area (Å²) in [6.45, 7) is 9.17. The number of nitrogens with two attached hydrogens (primary N) is 2. The Kier molecular flexibility index (Phi) is 14.3. The zero-order chi connectivity index (χ0) is 39.1. The predicted molar refractivity (Wildman–Crippen MR) is 205 cm³/mol. The standard InChI is InChI=1S/C40H59N5O7S/c1-25(2)22-40(32-24-53(51,52)36-20-30(41)16-17-31(32)36,45(27(5)46)38(49)33(42)18-28-12-8-6-9-13-28)39(50)44-34(19-29-14-10-7-11-15-29)35(47)21-37(48)43-23-26(3)4/h6,8-9,12-13,16-17,20,25-26,29,32-35,47H,7,10-11,14-15,18-19,21-24,41-42H2,1-5H3,(H,43,48)(H,44,50)/t32?,33-,34-,35-,40-/m0/s1. The first-order valence-electron chi connectivity index (χ1n) is 19.0. The smallest absolute Gasteiger partial charge is 0.247 e. The van der Waals surface area contributed by atoms with Crippen LogP contribution < -0.4 is 22.1 Å². The molecule has 0 aromatic heterocycles. The van der Waals surface area contributed by atoms with Gasteiger partial charge in [-0.1, -0.05) is 96.2 Å².